The van der Waals surface area contributed by atoms with E-state index in [-0.39, 0.29) is 18.4 Å². The molecule has 4 N–H and O–H groups in total. The molecule has 104 valence electrons. The molecule has 1 aliphatic rings. The average molecular weight is 273 g/mol. The number of aromatic nitrogens is 2. The molecule has 0 atom stereocenters. The van der Waals surface area contributed by atoms with Crippen molar-refractivity contribution in [3.05, 3.63) is 18.2 Å². The first-order valence-electron chi connectivity index (χ1n) is 6.25. The minimum Gasteiger partial charge on any atom is -0.399 e. The van der Waals surface area contributed by atoms with Crippen LogP contribution in [0.5, 0.6) is 0 Å². The Morgan fingerprint density at radius 1 is 1.35 bits per heavy atom. The predicted molar refractivity (Wildman–Crippen MR) is 75.1 cm³/mol. The fourth-order valence-corrected chi connectivity index (χ4v) is 2.26. The molecule has 0 radical (unpaired) electrons. The third kappa shape index (κ3) is 1.78. The van der Waals surface area contributed by atoms with E-state index in [1.54, 1.807) is 36.9 Å². The Morgan fingerprint density at radius 3 is 2.85 bits per heavy atom. The van der Waals surface area contributed by atoms with Gasteiger partial charge in [-0.3, -0.25) is 14.9 Å². The molecule has 2 aromatic rings. The highest BCUT2D eigenvalue weighted by Gasteiger charge is 2.42. The van der Waals surface area contributed by atoms with E-state index in [1.807, 2.05) is 0 Å². The molecule has 20 heavy (non-hydrogen) atoms. The van der Waals surface area contributed by atoms with Crippen LogP contribution in [0.4, 0.5) is 11.6 Å². The second-order valence-corrected chi connectivity index (χ2v) is 5.36. The molecule has 1 aliphatic heterocycles. The van der Waals surface area contributed by atoms with Gasteiger partial charge in [-0.1, -0.05) is 0 Å². The maximum absolute atomic E-state index is 11.9. The molecule has 0 saturated carbocycles. The van der Waals surface area contributed by atoms with E-state index in [0.717, 1.165) is 11.0 Å². The number of H-pyrrole nitrogens is 1. The molecule has 7 heteroatoms. The van der Waals surface area contributed by atoms with Gasteiger partial charge >= 0.3 is 0 Å². The molecule has 3 rings (SSSR count). The van der Waals surface area contributed by atoms with Crippen LogP contribution >= 0.6 is 0 Å². The number of rotatable bonds is 1. The van der Waals surface area contributed by atoms with Crippen molar-refractivity contribution in [2.75, 3.05) is 17.2 Å². The molecule has 0 unspecified atom stereocenters. The second-order valence-electron chi connectivity index (χ2n) is 5.36. The van der Waals surface area contributed by atoms with Crippen LogP contribution in [0.25, 0.3) is 11.0 Å². The number of nitrogens with two attached hydrogens (primary N) is 1. The lowest BCUT2D eigenvalue weighted by Gasteiger charge is -2.39. The number of fused-ring (bicyclic) bond motifs is 1. The molecule has 1 aromatic heterocycles. The molecule has 0 spiro atoms. The van der Waals surface area contributed by atoms with Gasteiger partial charge in [0.15, 0.2) is 0 Å². The lowest BCUT2D eigenvalue weighted by Crippen LogP contribution is -2.64. The van der Waals surface area contributed by atoms with Gasteiger partial charge in [-0.15, -0.1) is 0 Å². The molecule has 7 nitrogen and oxygen atoms in total. The number of aromatic amines is 1. The second kappa shape index (κ2) is 3.96. The van der Waals surface area contributed by atoms with Crippen LogP contribution in [0.1, 0.15) is 13.8 Å². The minimum atomic E-state index is -0.854. The summed E-state index contributed by atoms with van der Waals surface area (Å²) in [5.41, 5.74) is 7.01. The summed E-state index contributed by atoms with van der Waals surface area (Å²) in [6, 6.07) is 5.32. The average Bonchev–Trinajstić information content (AvgIpc) is 2.76. The van der Waals surface area contributed by atoms with Crippen LogP contribution in [-0.4, -0.2) is 33.9 Å². The van der Waals surface area contributed by atoms with E-state index in [9.17, 15) is 9.59 Å². The number of piperazine rings is 1. The summed E-state index contributed by atoms with van der Waals surface area (Å²) < 4.78 is 0. The summed E-state index contributed by atoms with van der Waals surface area (Å²) in [6.45, 7) is 3.57. The number of carbonyl (C=O) groups is 2. The maximum Gasteiger partial charge on any atom is 0.252 e. The van der Waals surface area contributed by atoms with Crippen LogP contribution in [0, 0.1) is 0 Å². The summed E-state index contributed by atoms with van der Waals surface area (Å²) >= 11 is 0. The highest BCUT2D eigenvalue weighted by molar-refractivity contribution is 6.06. The molecule has 0 bridgehead atoms. The highest BCUT2D eigenvalue weighted by Crippen LogP contribution is 2.26. The number of amides is 2. The molecule has 2 heterocycles. The van der Waals surface area contributed by atoms with Crippen molar-refractivity contribution in [3.63, 3.8) is 0 Å². The monoisotopic (exact) mass is 273 g/mol. The molecule has 2 amide bonds. The van der Waals surface area contributed by atoms with Crippen molar-refractivity contribution in [2.24, 2.45) is 0 Å². The van der Waals surface area contributed by atoms with Gasteiger partial charge in [-0.05, 0) is 32.0 Å². The number of nitrogens with one attached hydrogen (secondary N) is 2. The number of nitrogen functional groups attached to an aromatic ring is 1. The topological polar surface area (TPSA) is 104 Å². The Kier molecular flexibility index (Phi) is 2.47. The van der Waals surface area contributed by atoms with Gasteiger partial charge in [0.25, 0.3) is 5.91 Å². The van der Waals surface area contributed by atoms with Gasteiger partial charge in [0.2, 0.25) is 11.9 Å². The first kappa shape index (κ1) is 12.5. The zero-order valence-electron chi connectivity index (χ0n) is 11.2. The zero-order chi connectivity index (χ0) is 14.5. The van der Waals surface area contributed by atoms with E-state index < -0.39 is 5.54 Å². The van der Waals surface area contributed by atoms with Gasteiger partial charge in [0, 0.05) is 5.69 Å². The van der Waals surface area contributed by atoms with Crippen molar-refractivity contribution < 1.29 is 9.59 Å². The first-order valence-corrected chi connectivity index (χ1v) is 6.25. The summed E-state index contributed by atoms with van der Waals surface area (Å²) in [7, 11) is 0. The molecular formula is C13H15N5O2. The van der Waals surface area contributed by atoms with Gasteiger partial charge in [-0.25, -0.2) is 4.98 Å². The standard InChI is InChI=1S/C13H15N5O2/c1-13(2)11(20)17-10(19)6-18(13)12-15-8-4-3-7(14)5-9(8)16-12/h3-5H,6,14H2,1-2H3,(H,15,16)(H,17,19,20). The van der Waals surface area contributed by atoms with Crippen LogP contribution < -0.4 is 16.0 Å². The Morgan fingerprint density at radius 2 is 2.10 bits per heavy atom. The van der Waals surface area contributed by atoms with Gasteiger partial charge in [-0.2, -0.15) is 0 Å². The largest absolute Gasteiger partial charge is 0.399 e. The molecular weight excluding hydrogens is 258 g/mol. The minimum absolute atomic E-state index is 0.0774. The van der Waals surface area contributed by atoms with Crippen LogP contribution in [0.2, 0.25) is 0 Å². The molecule has 0 aliphatic carbocycles. The number of imide groups is 1. The predicted octanol–water partition coefficient (Wildman–Crippen LogP) is 0.386. The number of carbonyl (C=O) groups excluding carboxylic acids is 2. The van der Waals surface area contributed by atoms with Crippen LogP contribution in [-0.2, 0) is 9.59 Å². The van der Waals surface area contributed by atoms with Crippen molar-refractivity contribution in [3.8, 4) is 0 Å². The van der Waals surface area contributed by atoms with Crippen LogP contribution in [0.3, 0.4) is 0 Å². The van der Waals surface area contributed by atoms with Gasteiger partial charge in [0.05, 0.1) is 11.0 Å². The smallest absolute Gasteiger partial charge is 0.252 e. The van der Waals surface area contributed by atoms with E-state index in [2.05, 4.69) is 15.3 Å². The van der Waals surface area contributed by atoms with Crippen molar-refractivity contribution >= 4 is 34.5 Å². The first-order chi connectivity index (χ1) is 9.38. The molecule has 1 fully saturated rings. The summed E-state index contributed by atoms with van der Waals surface area (Å²) in [5, 5.41) is 2.33. The molecule has 1 saturated heterocycles. The third-order valence-electron chi connectivity index (χ3n) is 3.53. The van der Waals surface area contributed by atoms with E-state index >= 15 is 0 Å². The van der Waals surface area contributed by atoms with Gasteiger partial charge in [0.1, 0.15) is 12.1 Å². The number of nitrogens with zero attached hydrogens (tertiary/aromatic N) is 2. The maximum atomic E-state index is 11.9. The lowest BCUT2D eigenvalue weighted by atomic mass is 9.99. The van der Waals surface area contributed by atoms with Crippen molar-refractivity contribution in [1.29, 1.82) is 0 Å². The van der Waals surface area contributed by atoms with Gasteiger partial charge < -0.3 is 15.6 Å². The zero-order valence-corrected chi connectivity index (χ0v) is 11.2. The Hall–Kier alpha value is -2.57. The SMILES string of the molecule is CC1(C)C(=O)NC(=O)CN1c1nc2ccc(N)cc2[nH]1. The van der Waals surface area contributed by atoms with Crippen LogP contribution in [0.15, 0.2) is 18.2 Å². The third-order valence-corrected chi connectivity index (χ3v) is 3.53. The van der Waals surface area contributed by atoms with Crippen molar-refractivity contribution in [2.45, 2.75) is 19.4 Å². The Bertz CT molecular complexity index is 719. The summed E-state index contributed by atoms with van der Waals surface area (Å²) in [4.78, 5) is 32.7. The van der Waals surface area contributed by atoms with E-state index in [0.29, 0.717) is 11.6 Å². The number of hydrogen-bond acceptors (Lipinski definition) is 5. The Labute approximate surface area is 115 Å². The number of hydrogen-bond donors (Lipinski definition) is 3. The summed E-state index contributed by atoms with van der Waals surface area (Å²) in [6.07, 6.45) is 0. The molecule has 1 aromatic carbocycles. The number of imidazole rings is 1. The normalized spacial score (nSPS) is 18.4. The van der Waals surface area contributed by atoms with E-state index in [4.69, 9.17) is 5.73 Å². The fourth-order valence-electron chi connectivity index (χ4n) is 2.26. The quantitative estimate of drug-likeness (QED) is 0.515. The van der Waals surface area contributed by atoms with Crippen molar-refractivity contribution in [1.82, 2.24) is 15.3 Å². The fraction of sp³-hybridized carbons (Fsp3) is 0.308. The Balaban J connectivity index is 2.08. The van der Waals surface area contributed by atoms with E-state index in [1.165, 1.54) is 0 Å². The lowest BCUT2D eigenvalue weighted by molar-refractivity contribution is -0.135. The summed E-state index contributed by atoms with van der Waals surface area (Å²) in [5.74, 6) is -0.193. The number of benzene rings is 1. The number of anilines is 2. The highest BCUT2D eigenvalue weighted by atomic mass is 16.2.